The number of carbonyl (C=O) groups is 2. The zero-order valence-electron chi connectivity index (χ0n) is 18.5. The van der Waals surface area contributed by atoms with Gasteiger partial charge < -0.3 is 10.2 Å². The van der Waals surface area contributed by atoms with Crippen molar-refractivity contribution < 1.29 is 9.59 Å². The summed E-state index contributed by atoms with van der Waals surface area (Å²) in [6.45, 7) is 5.42. The normalized spacial score (nSPS) is 15.4. The van der Waals surface area contributed by atoms with E-state index in [-0.39, 0.29) is 11.8 Å². The second-order valence-corrected chi connectivity index (χ2v) is 9.23. The molecule has 0 unspecified atom stereocenters. The van der Waals surface area contributed by atoms with E-state index in [0.29, 0.717) is 44.6 Å². The number of aryl methyl sites for hydroxylation is 1. The molecule has 2 amide bonds. The summed E-state index contributed by atoms with van der Waals surface area (Å²) in [7, 11) is 0. The van der Waals surface area contributed by atoms with E-state index in [1.807, 2.05) is 26.0 Å². The molecular weight excluding hydrogens is 420 g/mol. The fraction of sp³-hybridized carbons (Fsp3) is 0.360. The van der Waals surface area contributed by atoms with Crippen LogP contribution in [-0.4, -0.2) is 46.3 Å². The maximum Gasteiger partial charge on any atom is 0.274 e. The fourth-order valence-electron chi connectivity index (χ4n) is 4.35. The molecule has 0 bridgehead atoms. The Balaban J connectivity index is 1.56. The number of carbonyl (C=O) groups excluding carboxylic acids is 2. The van der Waals surface area contributed by atoms with E-state index in [1.165, 1.54) is 22.2 Å². The lowest BCUT2D eigenvalue weighted by Crippen LogP contribution is -2.51. The van der Waals surface area contributed by atoms with Crippen LogP contribution in [0.15, 0.2) is 54.2 Å². The first-order valence-corrected chi connectivity index (χ1v) is 11.9. The highest BCUT2D eigenvalue weighted by atomic mass is 32.1. The third-order valence-corrected chi connectivity index (χ3v) is 7.06. The Kier molecular flexibility index (Phi) is 6.65. The van der Waals surface area contributed by atoms with Crippen molar-refractivity contribution in [3.8, 4) is 10.4 Å². The number of thiophene rings is 1. The van der Waals surface area contributed by atoms with Crippen LogP contribution < -0.4 is 5.32 Å². The van der Waals surface area contributed by atoms with Crippen LogP contribution in [0, 0.1) is 12.3 Å². The van der Waals surface area contributed by atoms with Crippen molar-refractivity contribution in [1.82, 2.24) is 20.2 Å². The highest BCUT2D eigenvalue weighted by Gasteiger charge is 2.42. The number of nitrogens with one attached hydrogen (secondary N) is 1. The molecule has 0 atom stereocenters. The summed E-state index contributed by atoms with van der Waals surface area (Å²) in [5.41, 5.74) is 2.94. The molecule has 7 heteroatoms. The minimum atomic E-state index is -0.543. The number of hydrogen-bond acceptors (Lipinski definition) is 5. The van der Waals surface area contributed by atoms with Crippen molar-refractivity contribution in [3.63, 3.8) is 0 Å². The summed E-state index contributed by atoms with van der Waals surface area (Å²) >= 11 is 1.71. The lowest BCUT2D eigenvalue weighted by atomic mass is 9.72. The van der Waals surface area contributed by atoms with Gasteiger partial charge >= 0.3 is 0 Å². The SMILES string of the molecule is CCNC(=O)C1(Cc2ccccc2-c2cccs2)CCN(C(=O)c2cnc(C)cn2)CC1. The van der Waals surface area contributed by atoms with E-state index in [0.717, 1.165) is 5.69 Å². The molecule has 32 heavy (non-hydrogen) atoms. The molecule has 0 spiro atoms. The Labute approximate surface area is 192 Å². The van der Waals surface area contributed by atoms with Crippen molar-refractivity contribution in [2.45, 2.75) is 33.1 Å². The van der Waals surface area contributed by atoms with Gasteiger partial charge in [-0.15, -0.1) is 11.3 Å². The standard InChI is InChI=1S/C25H28N4O2S/c1-3-26-24(31)25(15-19-7-4-5-8-20(19)22-9-6-14-32-22)10-12-29(13-11-25)23(30)21-17-27-18(2)16-28-21/h4-9,14,16-17H,3,10-13,15H2,1-2H3,(H,26,31). The molecule has 4 rings (SSSR count). The number of hydrogen-bond donors (Lipinski definition) is 1. The molecule has 3 heterocycles. The molecule has 1 N–H and O–H groups in total. The Morgan fingerprint density at radius 2 is 1.88 bits per heavy atom. The van der Waals surface area contributed by atoms with Gasteiger partial charge in [-0.2, -0.15) is 0 Å². The van der Waals surface area contributed by atoms with Gasteiger partial charge in [0.25, 0.3) is 5.91 Å². The van der Waals surface area contributed by atoms with Gasteiger partial charge in [0.2, 0.25) is 5.91 Å². The van der Waals surface area contributed by atoms with Gasteiger partial charge in [-0.1, -0.05) is 30.3 Å². The summed E-state index contributed by atoms with van der Waals surface area (Å²) in [6, 6.07) is 12.5. The van der Waals surface area contributed by atoms with E-state index >= 15 is 0 Å². The third-order valence-electron chi connectivity index (χ3n) is 6.16. The molecule has 0 saturated carbocycles. The van der Waals surface area contributed by atoms with E-state index < -0.39 is 5.41 Å². The Morgan fingerprint density at radius 3 is 2.53 bits per heavy atom. The van der Waals surface area contributed by atoms with Gasteiger partial charge in [0, 0.05) is 30.7 Å². The summed E-state index contributed by atoms with van der Waals surface area (Å²) in [6.07, 6.45) is 5.02. The summed E-state index contributed by atoms with van der Waals surface area (Å²) < 4.78 is 0. The monoisotopic (exact) mass is 448 g/mol. The van der Waals surface area contributed by atoms with Gasteiger partial charge in [-0.25, -0.2) is 4.98 Å². The number of benzene rings is 1. The van der Waals surface area contributed by atoms with Crippen molar-refractivity contribution in [2.75, 3.05) is 19.6 Å². The van der Waals surface area contributed by atoms with Crippen LogP contribution in [-0.2, 0) is 11.2 Å². The first-order chi connectivity index (χ1) is 15.5. The number of piperidine rings is 1. The molecule has 6 nitrogen and oxygen atoms in total. The van der Waals surface area contributed by atoms with Crippen LogP contribution in [0.25, 0.3) is 10.4 Å². The molecule has 0 radical (unpaired) electrons. The van der Waals surface area contributed by atoms with Gasteiger partial charge in [0.1, 0.15) is 5.69 Å². The fourth-order valence-corrected chi connectivity index (χ4v) is 5.13. The smallest absolute Gasteiger partial charge is 0.274 e. The first kappa shape index (κ1) is 22.1. The number of nitrogens with zero attached hydrogens (tertiary/aromatic N) is 3. The van der Waals surface area contributed by atoms with Gasteiger partial charge in [0.15, 0.2) is 0 Å². The minimum Gasteiger partial charge on any atom is -0.356 e. The molecule has 166 valence electrons. The largest absolute Gasteiger partial charge is 0.356 e. The maximum atomic E-state index is 13.3. The number of aromatic nitrogens is 2. The minimum absolute atomic E-state index is 0.0724. The average Bonchev–Trinajstić information content (AvgIpc) is 3.35. The Bertz CT molecular complexity index is 1070. The van der Waals surface area contributed by atoms with Crippen molar-refractivity contribution in [2.24, 2.45) is 5.41 Å². The lowest BCUT2D eigenvalue weighted by Gasteiger charge is -2.41. The Hall–Kier alpha value is -3.06. The quantitative estimate of drug-likeness (QED) is 0.616. The van der Waals surface area contributed by atoms with E-state index in [9.17, 15) is 9.59 Å². The summed E-state index contributed by atoms with van der Waals surface area (Å²) in [5.74, 6) is -0.0517. The van der Waals surface area contributed by atoms with Crippen LogP contribution >= 0.6 is 11.3 Å². The predicted molar refractivity (Wildman–Crippen MR) is 126 cm³/mol. The van der Waals surface area contributed by atoms with Crippen molar-refractivity contribution in [1.29, 1.82) is 0 Å². The molecule has 1 fully saturated rings. The lowest BCUT2D eigenvalue weighted by molar-refractivity contribution is -0.133. The molecule has 3 aromatic rings. The maximum absolute atomic E-state index is 13.3. The zero-order chi connectivity index (χ0) is 22.6. The highest BCUT2D eigenvalue weighted by Crippen LogP contribution is 2.39. The molecule has 1 saturated heterocycles. The first-order valence-electron chi connectivity index (χ1n) is 11.0. The number of likely N-dealkylation sites (tertiary alicyclic amines) is 1. The predicted octanol–water partition coefficient (Wildman–Crippen LogP) is 4.11. The van der Waals surface area contributed by atoms with Crippen LogP contribution in [0.3, 0.4) is 0 Å². The van der Waals surface area contributed by atoms with Gasteiger partial charge in [-0.3, -0.25) is 14.6 Å². The van der Waals surface area contributed by atoms with Gasteiger partial charge in [0.05, 0.1) is 17.3 Å². The van der Waals surface area contributed by atoms with Crippen LogP contribution in [0.5, 0.6) is 0 Å². The van der Waals surface area contributed by atoms with E-state index in [2.05, 4.69) is 44.9 Å². The summed E-state index contributed by atoms with van der Waals surface area (Å²) in [5, 5.41) is 5.12. The third kappa shape index (κ3) is 4.58. The van der Waals surface area contributed by atoms with E-state index in [4.69, 9.17) is 0 Å². The van der Waals surface area contributed by atoms with Crippen molar-refractivity contribution in [3.05, 3.63) is 71.1 Å². The summed E-state index contributed by atoms with van der Waals surface area (Å²) in [4.78, 5) is 37.6. The second-order valence-electron chi connectivity index (χ2n) is 8.29. The molecule has 0 aliphatic carbocycles. The highest BCUT2D eigenvalue weighted by molar-refractivity contribution is 7.13. The molecule has 1 aliphatic heterocycles. The number of amides is 2. The zero-order valence-corrected chi connectivity index (χ0v) is 19.3. The molecular formula is C25H28N4O2S. The molecule has 1 aliphatic rings. The molecule has 2 aromatic heterocycles. The topological polar surface area (TPSA) is 75.2 Å². The van der Waals surface area contributed by atoms with Gasteiger partial charge in [-0.05, 0) is 55.7 Å². The average molecular weight is 449 g/mol. The van der Waals surface area contributed by atoms with Crippen LogP contribution in [0.2, 0.25) is 0 Å². The molecule has 1 aromatic carbocycles. The van der Waals surface area contributed by atoms with Crippen LogP contribution in [0.4, 0.5) is 0 Å². The number of rotatable bonds is 6. The second kappa shape index (κ2) is 9.61. The van der Waals surface area contributed by atoms with Crippen molar-refractivity contribution >= 4 is 23.2 Å². The van der Waals surface area contributed by atoms with E-state index in [1.54, 1.807) is 22.4 Å². The Morgan fingerprint density at radius 1 is 1.09 bits per heavy atom. The van der Waals surface area contributed by atoms with Crippen LogP contribution in [0.1, 0.15) is 41.5 Å².